The highest BCUT2D eigenvalue weighted by Crippen LogP contribution is 2.56. The molecule has 23 heavy (non-hydrogen) atoms. The van der Waals surface area contributed by atoms with E-state index in [-0.39, 0.29) is 5.41 Å². The van der Waals surface area contributed by atoms with Crippen LogP contribution >= 0.6 is 0 Å². The predicted molar refractivity (Wildman–Crippen MR) is 92.3 cm³/mol. The zero-order valence-corrected chi connectivity index (χ0v) is 15.0. The van der Waals surface area contributed by atoms with Crippen molar-refractivity contribution in [3.05, 3.63) is 0 Å². The van der Waals surface area contributed by atoms with E-state index in [4.69, 9.17) is 4.74 Å². The number of nitrogens with zero attached hydrogens (tertiary/aromatic N) is 1. The maximum absolute atomic E-state index is 12.7. The van der Waals surface area contributed by atoms with Crippen molar-refractivity contribution >= 4 is 5.91 Å². The van der Waals surface area contributed by atoms with Crippen LogP contribution in [-0.2, 0) is 9.53 Å². The van der Waals surface area contributed by atoms with Gasteiger partial charge in [0.15, 0.2) is 0 Å². The number of rotatable bonds is 6. The van der Waals surface area contributed by atoms with E-state index in [2.05, 4.69) is 17.1 Å². The number of ether oxygens (including phenoxy) is 1. The number of carbonyl (C=O) groups excluding carboxylic acids is 1. The lowest BCUT2D eigenvalue weighted by Gasteiger charge is -2.57. The summed E-state index contributed by atoms with van der Waals surface area (Å²) < 4.78 is 5.99. The Hall–Kier alpha value is -0.610. The summed E-state index contributed by atoms with van der Waals surface area (Å²) in [7, 11) is 2.04. The van der Waals surface area contributed by atoms with Crippen molar-refractivity contribution in [3.63, 3.8) is 0 Å². The van der Waals surface area contributed by atoms with Gasteiger partial charge in [-0.1, -0.05) is 12.8 Å². The molecular weight excluding hydrogens is 288 g/mol. The first-order chi connectivity index (χ1) is 11.2. The Labute approximate surface area is 141 Å². The summed E-state index contributed by atoms with van der Waals surface area (Å²) in [6.07, 6.45) is 10.8. The van der Waals surface area contributed by atoms with E-state index < -0.39 is 0 Å². The Morgan fingerprint density at radius 2 is 1.96 bits per heavy atom. The summed E-state index contributed by atoms with van der Waals surface area (Å²) in [5.74, 6) is 1.10. The third-order valence-electron chi connectivity index (χ3n) is 6.73. The number of carbonyl (C=O) groups is 1. The molecule has 1 N–H and O–H groups in total. The molecule has 1 spiro atoms. The molecule has 3 rings (SSSR count). The average Bonchev–Trinajstić information content (AvgIpc) is 3.09. The van der Waals surface area contributed by atoms with Crippen LogP contribution in [0.2, 0.25) is 0 Å². The van der Waals surface area contributed by atoms with Gasteiger partial charge in [0.25, 0.3) is 0 Å². The number of hydrogen-bond donors (Lipinski definition) is 1. The molecule has 4 heteroatoms. The molecule has 132 valence electrons. The van der Waals surface area contributed by atoms with Crippen LogP contribution in [0.25, 0.3) is 0 Å². The summed E-state index contributed by atoms with van der Waals surface area (Å²) in [5, 5.41) is 3.40. The molecule has 0 bridgehead atoms. The van der Waals surface area contributed by atoms with Crippen LogP contribution in [-0.4, -0.2) is 49.7 Å². The highest BCUT2D eigenvalue weighted by atomic mass is 16.5. The maximum atomic E-state index is 12.7. The molecule has 2 aliphatic carbocycles. The zero-order chi connectivity index (χ0) is 16.3. The third kappa shape index (κ3) is 3.43. The molecule has 4 nitrogen and oxygen atoms in total. The van der Waals surface area contributed by atoms with E-state index in [1.54, 1.807) is 0 Å². The Kier molecular flexibility index (Phi) is 5.63. The Morgan fingerprint density at radius 1 is 1.26 bits per heavy atom. The van der Waals surface area contributed by atoms with Gasteiger partial charge in [-0.15, -0.1) is 0 Å². The molecule has 1 heterocycles. The average molecular weight is 322 g/mol. The van der Waals surface area contributed by atoms with Crippen molar-refractivity contribution in [2.24, 2.45) is 11.3 Å². The monoisotopic (exact) mass is 322 g/mol. The minimum absolute atomic E-state index is 0.273. The first-order valence-electron chi connectivity index (χ1n) is 9.75. The van der Waals surface area contributed by atoms with Gasteiger partial charge >= 0.3 is 0 Å². The Balaban J connectivity index is 1.52. The molecule has 1 amide bonds. The van der Waals surface area contributed by atoms with Crippen LogP contribution in [0.1, 0.15) is 64.7 Å². The van der Waals surface area contributed by atoms with Crippen molar-refractivity contribution in [2.45, 2.75) is 76.9 Å². The summed E-state index contributed by atoms with van der Waals surface area (Å²) >= 11 is 0. The van der Waals surface area contributed by atoms with E-state index >= 15 is 0 Å². The second kappa shape index (κ2) is 7.52. The highest BCUT2D eigenvalue weighted by molar-refractivity contribution is 5.76. The number of piperidine rings is 1. The summed E-state index contributed by atoms with van der Waals surface area (Å²) in [6, 6.07) is 0.419. The molecule has 2 saturated carbocycles. The van der Waals surface area contributed by atoms with Gasteiger partial charge in [0.1, 0.15) is 0 Å². The maximum Gasteiger partial charge on any atom is 0.222 e. The van der Waals surface area contributed by atoms with Gasteiger partial charge in [0.2, 0.25) is 5.91 Å². The van der Waals surface area contributed by atoms with Crippen LogP contribution in [0.3, 0.4) is 0 Å². The van der Waals surface area contributed by atoms with E-state index in [1.165, 1.54) is 38.5 Å². The second-order valence-electron chi connectivity index (χ2n) is 7.87. The van der Waals surface area contributed by atoms with Crippen molar-refractivity contribution in [2.75, 3.05) is 26.7 Å². The van der Waals surface area contributed by atoms with Crippen LogP contribution in [0, 0.1) is 11.3 Å². The van der Waals surface area contributed by atoms with Crippen molar-refractivity contribution in [3.8, 4) is 0 Å². The highest BCUT2D eigenvalue weighted by Gasteiger charge is 2.58. The molecule has 0 radical (unpaired) electrons. The van der Waals surface area contributed by atoms with E-state index in [0.29, 0.717) is 18.1 Å². The smallest absolute Gasteiger partial charge is 0.222 e. The topological polar surface area (TPSA) is 41.6 Å². The van der Waals surface area contributed by atoms with Gasteiger partial charge in [-0.2, -0.15) is 0 Å². The van der Waals surface area contributed by atoms with Gasteiger partial charge in [0, 0.05) is 31.5 Å². The molecule has 1 saturated heterocycles. The SMILES string of the molecule is CCOC1CC(N(C)C(=O)CCC2CCNCC2)C12CCCC2. The first-order valence-corrected chi connectivity index (χ1v) is 9.75. The number of hydrogen-bond acceptors (Lipinski definition) is 3. The number of amides is 1. The van der Waals surface area contributed by atoms with Gasteiger partial charge < -0.3 is 15.0 Å². The third-order valence-corrected chi connectivity index (χ3v) is 6.73. The number of nitrogens with one attached hydrogen (secondary N) is 1. The molecule has 1 aliphatic heterocycles. The van der Waals surface area contributed by atoms with Crippen LogP contribution in [0.15, 0.2) is 0 Å². The van der Waals surface area contributed by atoms with Gasteiger partial charge in [-0.25, -0.2) is 0 Å². The predicted octanol–water partition coefficient (Wildman–Crippen LogP) is 2.96. The summed E-state index contributed by atoms with van der Waals surface area (Å²) in [5.41, 5.74) is 0.273. The lowest BCUT2D eigenvalue weighted by molar-refractivity contribution is -0.172. The fourth-order valence-corrected chi connectivity index (χ4v) is 5.24. The molecule has 2 unspecified atom stereocenters. The second-order valence-corrected chi connectivity index (χ2v) is 7.87. The van der Waals surface area contributed by atoms with Crippen molar-refractivity contribution in [1.29, 1.82) is 0 Å². The van der Waals surface area contributed by atoms with Crippen molar-refractivity contribution in [1.82, 2.24) is 10.2 Å². The zero-order valence-electron chi connectivity index (χ0n) is 15.0. The Bertz CT molecular complexity index is 400. The van der Waals surface area contributed by atoms with E-state index in [9.17, 15) is 4.79 Å². The van der Waals surface area contributed by atoms with Crippen molar-refractivity contribution < 1.29 is 9.53 Å². The molecule has 0 aromatic heterocycles. The van der Waals surface area contributed by atoms with E-state index in [0.717, 1.165) is 44.9 Å². The fourth-order valence-electron chi connectivity index (χ4n) is 5.24. The molecule has 0 aromatic rings. The fraction of sp³-hybridized carbons (Fsp3) is 0.947. The van der Waals surface area contributed by atoms with Crippen LogP contribution < -0.4 is 5.32 Å². The Morgan fingerprint density at radius 3 is 2.61 bits per heavy atom. The molecule has 0 aromatic carbocycles. The first kappa shape index (κ1) is 17.2. The molecule has 3 aliphatic rings. The quantitative estimate of drug-likeness (QED) is 0.817. The summed E-state index contributed by atoms with van der Waals surface area (Å²) in [6.45, 7) is 5.13. The summed E-state index contributed by atoms with van der Waals surface area (Å²) in [4.78, 5) is 14.8. The minimum Gasteiger partial charge on any atom is -0.378 e. The van der Waals surface area contributed by atoms with Gasteiger partial charge in [0.05, 0.1) is 6.10 Å². The minimum atomic E-state index is 0.273. The normalized spacial score (nSPS) is 30.3. The lowest BCUT2D eigenvalue weighted by atomic mass is 9.60. The largest absolute Gasteiger partial charge is 0.378 e. The van der Waals surface area contributed by atoms with Crippen LogP contribution in [0.5, 0.6) is 0 Å². The van der Waals surface area contributed by atoms with Gasteiger partial charge in [-0.3, -0.25) is 4.79 Å². The molecular formula is C19H34N2O2. The van der Waals surface area contributed by atoms with Crippen LogP contribution in [0.4, 0.5) is 0 Å². The molecule has 2 atom stereocenters. The lowest BCUT2D eigenvalue weighted by Crippen LogP contribution is -2.64. The molecule has 3 fully saturated rings. The standard InChI is InChI=1S/C19H34N2O2/c1-3-23-17-14-16(19(17)10-4-5-11-19)21(2)18(22)7-6-15-8-12-20-13-9-15/h15-17,20H,3-14H2,1-2H3. The van der Waals surface area contributed by atoms with E-state index in [1.807, 2.05) is 7.05 Å². The van der Waals surface area contributed by atoms with Gasteiger partial charge in [-0.05, 0) is 64.5 Å².